The predicted octanol–water partition coefficient (Wildman–Crippen LogP) is 3.89. The molecule has 0 fully saturated rings. The van der Waals surface area contributed by atoms with Crippen molar-refractivity contribution in [3.63, 3.8) is 0 Å². The lowest BCUT2D eigenvalue weighted by atomic mass is 9.96. The maximum atomic E-state index is 9.92. The Balaban J connectivity index is 2.71. The lowest BCUT2D eigenvalue weighted by molar-refractivity contribution is 0.151. The van der Waals surface area contributed by atoms with E-state index in [-0.39, 0.29) is 6.10 Å². The van der Waals surface area contributed by atoms with Gasteiger partial charge in [0.25, 0.3) is 0 Å². The Labute approximate surface area is 93.1 Å². The fourth-order valence-electron chi connectivity index (χ4n) is 1.69. The highest BCUT2D eigenvalue weighted by atomic mass is 16.3. The molecule has 0 spiro atoms. The van der Waals surface area contributed by atoms with Crippen molar-refractivity contribution in [2.75, 3.05) is 0 Å². The number of aliphatic hydroxyl groups excluding tert-OH is 1. The molecule has 0 saturated heterocycles. The third kappa shape index (κ3) is 3.67. The first-order chi connectivity index (χ1) is 7.00. The lowest BCUT2D eigenvalue weighted by Crippen LogP contribution is -2.02. The first kappa shape index (κ1) is 12.3. The quantitative estimate of drug-likeness (QED) is 0.792. The molecule has 1 heteroatoms. The molecule has 0 aliphatic rings. The maximum Gasteiger partial charge on any atom is 0.0792 e. The van der Waals surface area contributed by atoms with Gasteiger partial charge in [-0.1, -0.05) is 52.0 Å². The van der Waals surface area contributed by atoms with Gasteiger partial charge in [-0.2, -0.15) is 0 Å². The Morgan fingerprint density at radius 1 is 0.933 bits per heavy atom. The van der Waals surface area contributed by atoms with Crippen molar-refractivity contribution < 1.29 is 5.11 Å². The van der Waals surface area contributed by atoms with Crippen molar-refractivity contribution >= 4 is 0 Å². The van der Waals surface area contributed by atoms with Gasteiger partial charge in [-0.05, 0) is 29.4 Å². The van der Waals surface area contributed by atoms with Gasteiger partial charge in [0.05, 0.1) is 6.10 Å². The molecule has 1 N–H and O–H groups in total. The smallest absolute Gasteiger partial charge is 0.0792 e. The number of benzene rings is 1. The van der Waals surface area contributed by atoms with Crippen molar-refractivity contribution in [1.82, 2.24) is 0 Å². The van der Waals surface area contributed by atoms with Crippen LogP contribution in [-0.2, 0) is 0 Å². The van der Waals surface area contributed by atoms with Crippen LogP contribution in [0.3, 0.4) is 0 Å². The monoisotopic (exact) mass is 206 g/mol. The Kier molecular flexibility index (Phi) is 4.34. The lowest BCUT2D eigenvalue weighted by Gasteiger charge is -2.14. The van der Waals surface area contributed by atoms with Gasteiger partial charge in [0.15, 0.2) is 0 Å². The zero-order chi connectivity index (χ0) is 11.4. The number of rotatable bonds is 4. The molecular weight excluding hydrogens is 184 g/mol. The van der Waals surface area contributed by atoms with Gasteiger partial charge in [0.2, 0.25) is 0 Å². The van der Waals surface area contributed by atoms with Crippen molar-refractivity contribution in [1.29, 1.82) is 0 Å². The summed E-state index contributed by atoms with van der Waals surface area (Å²) < 4.78 is 0. The van der Waals surface area contributed by atoms with Crippen LogP contribution < -0.4 is 0 Å². The van der Waals surface area contributed by atoms with E-state index in [0.29, 0.717) is 11.8 Å². The summed E-state index contributed by atoms with van der Waals surface area (Å²) in [5.74, 6) is 1.09. The molecule has 0 saturated carbocycles. The molecule has 0 bridgehead atoms. The summed E-state index contributed by atoms with van der Waals surface area (Å²) in [5, 5.41) is 9.92. The Morgan fingerprint density at radius 3 is 1.80 bits per heavy atom. The molecule has 1 aromatic rings. The Hall–Kier alpha value is -0.820. The van der Waals surface area contributed by atoms with Crippen molar-refractivity contribution in [3.05, 3.63) is 35.4 Å². The molecule has 84 valence electrons. The number of aliphatic hydroxyl groups is 1. The van der Waals surface area contributed by atoms with Gasteiger partial charge in [-0.3, -0.25) is 0 Å². The minimum absolute atomic E-state index is 0.314. The first-order valence-corrected chi connectivity index (χ1v) is 5.78. The summed E-state index contributed by atoms with van der Waals surface area (Å²) in [6.07, 6.45) is 0.521. The summed E-state index contributed by atoms with van der Waals surface area (Å²) in [7, 11) is 0. The molecule has 0 aromatic heterocycles. The molecule has 1 unspecified atom stereocenters. The van der Waals surface area contributed by atoms with Gasteiger partial charge in [0, 0.05) is 0 Å². The third-order valence-electron chi connectivity index (χ3n) is 2.68. The molecular formula is C14H22O. The Bertz CT molecular complexity index is 285. The standard InChI is InChI=1S/C14H22O/c1-10(2)9-14(15)13-7-5-12(6-8-13)11(3)4/h5-8,10-11,14-15H,9H2,1-4H3. The van der Waals surface area contributed by atoms with Crippen molar-refractivity contribution in [2.24, 2.45) is 5.92 Å². The van der Waals surface area contributed by atoms with Crippen LogP contribution >= 0.6 is 0 Å². The third-order valence-corrected chi connectivity index (χ3v) is 2.68. The van der Waals surface area contributed by atoms with E-state index >= 15 is 0 Å². The van der Waals surface area contributed by atoms with Crippen LogP contribution in [0, 0.1) is 5.92 Å². The SMILES string of the molecule is CC(C)CC(O)c1ccc(C(C)C)cc1. The minimum atomic E-state index is -0.314. The zero-order valence-electron chi connectivity index (χ0n) is 10.2. The van der Waals surface area contributed by atoms with Crippen molar-refractivity contribution in [3.8, 4) is 0 Å². The fourth-order valence-corrected chi connectivity index (χ4v) is 1.69. The van der Waals surface area contributed by atoms with Gasteiger partial charge in [0.1, 0.15) is 0 Å². The molecule has 1 aromatic carbocycles. The number of hydrogen-bond acceptors (Lipinski definition) is 1. The van der Waals surface area contributed by atoms with Crippen LogP contribution in [0.25, 0.3) is 0 Å². The molecule has 0 aliphatic heterocycles. The summed E-state index contributed by atoms with van der Waals surface area (Å²) in [4.78, 5) is 0. The molecule has 0 amide bonds. The largest absolute Gasteiger partial charge is 0.388 e. The predicted molar refractivity (Wildman–Crippen MR) is 64.9 cm³/mol. The van der Waals surface area contributed by atoms with Gasteiger partial charge in [-0.25, -0.2) is 0 Å². The van der Waals surface area contributed by atoms with Crippen LogP contribution in [0.4, 0.5) is 0 Å². The van der Waals surface area contributed by atoms with Crippen LogP contribution in [-0.4, -0.2) is 5.11 Å². The van der Waals surface area contributed by atoms with Gasteiger partial charge < -0.3 is 5.11 Å². The average Bonchev–Trinajstić information content (AvgIpc) is 2.17. The van der Waals surface area contributed by atoms with Crippen LogP contribution in [0.5, 0.6) is 0 Å². The second kappa shape index (κ2) is 5.32. The highest BCUT2D eigenvalue weighted by Crippen LogP contribution is 2.23. The topological polar surface area (TPSA) is 20.2 Å². The highest BCUT2D eigenvalue weighted by Gasteiger charge is 2.09. The van der Waals surface area contributed by atoms with Crippen LogP contribution in [0.15, 0.2) is 24.3 Å². The van der Waals surface area contributed by atoms with E-state index < -0.39 is 0 Å². The summed E-state index contributed by atoms with van der Waals surface area (Å²) >= 11 is 0. The average molecular weight is 206 g/mol. The van der Waals surface area contributed by atoms with E-state index in [1.54, 1.807) is 0 Å². The molecule has 0 heterocycles. The molecule has 1 nitrogen and oxygen atoms in total. The normalized spacial score (nSPS) is 13.5. The molecule has 15 heavy (non-hydrogen) atoms. The second-order valence-corrected chi connectivity index (χ2v) is 4.97. The molecule has 1 rings (SSSR count). The van der Waals surface area contributed by atoms with E-state index in [1.807, 2.05) is 12.1 Å². The molecule has 1 atom stereocenters. The maximum absolute atomic E-state index is 9.92. The summed E-state index contributed by atoms with van der Waals surface area (Å²) in [5.41, 5.74) is 2.36. The van der Waals surface area contributed by atoms with E-state index in [9.17, 15) is 5.11 Å². The fraction of sp³-hybridized carbons (Fsp3) is 0.571. The van der Waals surface area contributed by atoms with E-state index in [2.05, 4.69) is 39.8 Å². The minimum Gasteiger partial charge on any atom is -0.388 e. The first-order valence-electron chi connectivity index (χ1n) is 5.78. The summed E-state index contributed by atoms with van der Waals surface area (Å²) in [6, 6.07) is 8.32. The van der Waals surface area contributed by atoms with Crippen LogP contribution in [0.2, 0.25) is 0 Å². The van der Waals surface area contributed by atoms with E-state index in [0.717, 1.165) is 12.0 Å². The van der Waals surface area contributed by atoms with Crippen LogP contribution in [0.1, 0.15) is 57.3 Å². The Morgan fingerprint density at radius 2 is 1.40 bits per heavy atom. The van der Waals surface area contributed by atoms with E-state index in [4.69, 9.17) is 0 Å². The summed E-state index contributed by atoms with van der Waals surface area (Å²) in [6.45, 7) is 8.62. The molecule has 0 radical (unpaired) electrons. The van der Waals surface area contributed by atoms with Gasteiger partial charge in [-0.15, -0.1) is 0 Å². The zero-order valence-corrected chi connectivity index (χ0v) is 10.2. The highest BCUT2D eigenvalue weighted by molar-refractivity contribution is 5.26. The van der Waals surface area contributed by atoms with Crippen molar-refractivity contribution in [2.45, 2.75) is 46.1 Å². The molecule has 0 aliphatic carbocycles. The second-order valence-electron chi connectivity index (χ2n) is 4.97. The number of hydrogen-bond donors (Lipinski definition) is 1. The van der Waals surface area contributed by atoms with Gasteiger partial charge >= 0.3 is 0 Å². The van der Waals surface area contributed by atoms with E-state index in [1.165, 1.54) is 5.56 Å².